The molecule has 21 heavy (non-hydrogen) atoms. The molecule has 4 heteroatoms. The molecule has 0 bridgehead atoms. The fraction of sp³-hybridized carbons (Fsp3) is 0.588. The van der Waals surface area contributed by atoms with E-state index in [2.05, 4.69) is 18.3 Å². The second kappa shape index (κ2) is 7.46. The van der Waals surface area contributed by atoms with E-state index in [4.69, 9.17) is 4.74 Å². The summed E-state index contributed by atoms with van der Waals surface area (Å²) >= 11 is 0. The Labute approximate surface area is 127 Å². The van der Waals surface area contributed by atoms with Crippen LogP contribution in [0.3, 0.4) is 0 Å². The van der Waals surface area contributed by atoms with Crippen LogP contribution in [0.4, 0.5) is 0 Å². The van der Waals surface area contributed by atoms with E-state index in [9.17, 15) is 4.79 Å². The fourth-order valence-electron chi connectivity index (χ4n) is 2.79. The Balaban J connectivity index is 1.74. The van der Waals surface area contributed by atoms with Gasteiger partial charge >= 0.3 is 0 Å². The van der Waals surface area contributed by atoms with Crippen molar-refractivity contribution < 1.29 is 9.53 Å². The van der Waals surface area contributed by atoms with Crippen molar-refractivity contribution in [1.29, 1.82) is 0 Å². The normalized spacial score (nSPS) is 16.0. The molecule has 1 N–H and O–H groups in total. The Kier molecular flexibility index (Phi) is 5.62. The van der Waals surface area contributed by atoms with Gasteiger partial charge in [0, 0.05) is 19.1 Å². The third-order valence-electron chi connectivity index (χ3n) is 4.16. The summed E-state index contributed by atoms with van der Waals surface area (Å²) in [6.07, 6.45) is 2.54. The van der Waals surface area contributed by atoms with Gasteiger partial charge in [-0.15, -0.1) is 0 Å². The quantitative estimate of drug-likeness (QED) is 0.904. The molecular formula is C17H26N2O2. The van der Waals surface area contributed by atoms with Gasteiger partial charge < -0.3 is 15.0 Å². The van der Waals surface area contributed by atoms with Crippen molar-refractivity contribution in [2.24, 2.45) is 0 Å². The molecular weight excluding hydrogens is 264 g/mol. The highest BCUT2D eigenvalue weighted by Gasteiger charge is 2.21. The van der Waals surface area contributed by atoms with Gasteiger partial charge in [-0.25, -0.2) is 0 Å². The topological polar surface area (TPSA) is 41.6 Å². The standard InChI is InChI=1S/C17H26N2O2/c1-13-4-5-16(14(2)12-13)21-11-8-17(20)19-9-6-15(18-3)7-10-19/h4-5,12,15,18H,6-11H2,1-3H3. The molecule has 0 spiro atoms. The predicted molar refractivity (Wildman–Crippen MR) is 84.7 cm³/mol. The van der Waals surface area contributed by atoms with Crippen LogP contribution in [0.1, 0.15) is 30.4 Å². The third kappa shape index (κ3) is 4.46. The van der Waals surface area contributed by atoms with Gasteiger partial charge in [0.25, 0.3) is 0 Å². The lowest BCUT2D eigenvalue weighted by Crippen LogP contribution is -2.44. The molecule has 1 aliphatic rings. The van der Waals surface area contributed by atoms with Gasteiger partial charge in [0.1, 0.15) is 5.75 Å². The number of hydrogen-bond acceptors (Lipinski definition) is 3. The van der Waals surface area contributed by atoms with Gasteiger partial charge in [0.05, 0.1) is 13.0 Å². The number of piperidine rings is 1. The largest absolute Gasteiger partial charge is 0.493 e. The summed E-state index contributed by atoms with van der Waals surface area (Å²) in [6, 6.07) is 6.67. The van der Waals surface area contributed by atoms with Gasteiger partial charge in [0.2, 0.25) is 5.91 Å². The second-order valence-electron chi connectivity index (χ2n) is 5.81. The van der Waals surface area contributed by atoms with Crippen LogP contribution in [-0.2, 0) is 4.79 Å². The minimum absolute atomic E-state index is 0.203. The van der Waals surface area contributed by atoms with Crippen LogP contribution in [0, 0.1) is 13.8 Å². The van der Waals surface area contributed by atoms with Gasteiger partial charge in [-0.1, -0.05) is 17.7 Å². The summed E-state index contributed by atoms with van der Waals surface area (Å²) in [5.41, 5.74) is 2.35. The summed E-state index contributed by atoms with van der Waals surface area (Å²) < 4.78 is 5.74. The van der Waals surface area contributed by atoms with Crippen molar-refractivity contribution in [3.05, 3.63) is 29.3 Å². The number of nitrogens with one attached hydrogen (secondary N) is 1. The van der Waals surface area contributed by atoms with Crippen LogP contribution in [0.15, 0.2) is 18.2 Å². The fourth-order valence-corrected chi connectivity index (χ4v) is 2.79. The van der Waals surface area contributed by atoms with Crippen LogP contribution in [-0.4, -0.2) is 43.6 Å². The Morgan fingerprint density at radius 1 is 1.33 bits per heavy atom. The van der Waals surface area contributed by atoms with Crippen molar-refractivity contribution >= 4 is 5.91 Å². The molecule has 1 aromatic carbocycles. The number of carbonyl (C=O) groups excluding carboxylic acids is 1. The van der Waals surface area contributed by atoms with Crippen molar-refractivity contribution in [2.75, 3.05) is 26.7 Å². The molecule has 4 nitrogen and oxygen atoms in total. The van der Waals surface area contributed by atoms with Crippen LogP contribution in [0.2, 0.25) is 0 Å². The summed E-state index contributed by atoms with van der Waals surface area (Å²) in [7, 11) is 1.99. The zero-order valence-electron chi connectivity index (χ0n) is 13.3. The molecule has 1 amide bonds. The minimum Gasteiger partial charge on any atom is -0.493 e. The zero-order valence-corrected chi connectivity index (χ0v) is 13.3. The van der Waals surface area contributed by atoms with E-state index in [1.165, 1.54) is 5.56 Å². The second-order valence-corrected chi connectivity index (χ2v) is 5.81. The smallest absolute Gasteiger partial charge is 0.225 e. The Morgan fingerprint density at radius 3 is 2.67 bits per heavy atom. The predicted octanol–water partition coefficient (Wildman–Crippen LogP) is 2.28. The maximum absolute atomic E-state index is 12.1. The highest BCUT2D eigenvalue weighted by atomic mass is 16.5. The molecule has 2 rings (SSSR count). The maximum Gasteiger partial charge on any atom is 0.225 e. The summed E-state index contributed by atoms with van der Waals surface area (Å²) in [5.74, 6) is 1.08. The molecule has 1 heterocycles. The van der Waals surface area contributed by atoms with Gasteiger partial charge in [-0.2, -0.15) is 0 Å². The van der Waals surface area contributed by atoms with Crippen LogP contribution in [0.25, 0.3) is 0 Å². The number of benzene rings is 1. The first-order valence-corrected chi connectivity index (χ1v) is 7.75. The Bertz CT molecular complexity index is 480. The molecule has 1 aliphatic heterocycles. The van der Waals surface area contributed by atoms with Crippen molar-refractivity contribution in [1.82, 2.24) is 10.2 Å². The lowest BCUT2D eigenvalue weighted by atomic mass is 10.1. The van der Waals surface area contributed by atoms with Crippen LogP contribution < -0.4 is 10.1 Å². The van der Waals surface area contributed by atoms with Crippen LogP contribution >= 0.6 is 0 Å². The minimum atomic E-state index is 0.203. The van der Waals surface area contributed by atoms with E-state index >= 15 is 0 Å². The number of ether oxygens (including phenoxy) is 1. The summed E-state index contributed by atoms with van der Waals surface area (Å²) in [4.78, 5) is 14.1. The lowest BCUT2D eigenvalue weighted by Gasteiger charge is -2.31. The molecule has 0 atom stereocenters. The zero-order chi connectivity index (χ0) is 15.2. The van der Waals surface area contributed by atoms with E-state index in [-0.39, 0.29) is 5.91 Å². The summed E-state index contributed by atoms with van der Waals surface area (Å²) in [5, 5.41) is 3.28. The molecule has 0 aromatic heterocycles. The first-order chi connectivity index (χ1) is 10.1. The first kappa shape index (κ1) is 15.8. The Hall–Kier alpha value is -1.55. The number of rotatable bonds is 5. The van der Waals surface area contributed by atoms with Gasteiger partial charge in [-0.05, 0) is 45.4 Å². The third-order valence-corrected chi connectivity index (χ3v) is 4.16. The van der Waals surface area contributed by atoms with E-state index in [0.29, 0.717) is 19.1 Å². The number of hydrogen-bond donors (Lipinski definition) is 1. The first-order valence-electron chi connectivity index (χ1n) is 7.75. The van der Waals surface area contributed by atoms with Crippen molar-refractivity contribution in [2.45, 2.75) is 39.2 Å². The van der Waals surface area contributed by atoms with Crippen LogP contribution in [0.5, 0.6) is 5.75 Å². The molecule has 1 saturated heterocycles. The van der Waals surface area contributed by atoms with Gasteiger partial charge in [0.15, 0.2) is 0 Å². The summed E-state index contributed by atoms with van der Waals surface area (Å²) in [6.45, 7) is 6.26. The highest BCUT2D eigenvalue weighted by Crippen LogP contribution is 2.19. The van der Waals surface area contributed by atoms with E-state index < -0.39 is 0 Å². The molecule has 1 fully saturated rings. The number of likely N-dealkylation sites (tertiary alicyclic amines) is 1. The number of nitrogens with zero attached hydrogens (tertiary/aromatic N) is 1. The average Bonchev–Trinajstić information content (AvgIpc) is 2.49. The van der Waals surface area contributed by atoms with E-state index in [1.807, 2.05) is 31.0 Å². The monoisotopic (exact) mass is 290 g/mol. The van der Waals surface area contributed by atoms with E-state index in [1.54, 1.807) is 0 Å². The number of aryl methyl sites for hydroxylation is 2. The van der Waals surface area contributed by atoms with Crippen molar-refractivity contribution in [3.8, 4) is 5.75 Å². The van der Waals surface area contributed by atoms with E-state index in [0.717, 1.165) is 37.2 Å². The highest BCUT2D eigenvalue weighted by molar-refractivity contribution is 5.76. The molecule has 0 radical (unpaired) electrons. The lowest BCUT2D eigenvalue weighted by molar-refractivity contribution is -0.132. The average molecular weight is 290 g/mol. The number of carbonyl (C=O) groups is 1. The SMILES string of the molecule is CNC1CCN(C(=O)CCOc2ccc(C)cc2C)CC1. The van der Waals surface area contributed by atoms with Crippen molar-refractivity contribution in [3.63, 3.8) is 0 Å². The maximum atomic E-state index is 12.1. The molecule has 0 aliphatic carbocycles. The molecule has 0 unspecified atom stereocenters. The molecule has 1 aromatic rings. The van der Waals surface area contributed by atoms with Gasteiger partial charge in [-0.3, -0.25) is 4.79 Å². The molecule has 0 saturated carbocycles. The number of amides is 1. The Morgan fingerprint density at radius 2 is 2.05 bits per heavy atom. The molecule has 116 valence electrons.